The minimum atomic E-state index is 0.0191. The number of nitrogens with one attached hydrogen (secondary N) is 1. The second kappa shape index (κ2) is 4.62. The monoisotopic (exact) mass is 265 g/mol. The summed E-state index contributed by atoms with van der Waals surface area (Å²) in [5.74, 6) is 0.0191. The van der Waals surface area contributed by atoms with Crippen LogP contribution in [0, 0.1) is 0 Å². The van der Waals surface area contributed by atoms with E-state index in [4.69, 9.17) is 0 Å². The molecule has 0 aliphatic heterocycles. The molecule has 0 saturated carbocycles. The summed E-state index contributed by atoms with van der Waals surface area (Å²) in [5.41, 5.74) is 1.74. The number of carbonyl (C=O) groups excluding carboxylic acids is 1. The van der Waals surface area contributed by atoms with Crippen molar-refractivity contribution in [2.75, 3.05) is 5.32 Å². The van der Waals surface area contributed by atoms with Gasteiger partial charge in [0.15, 0.2) is 0 Å². The Morgan fingerprint density at radius 1 is 1.20 bits per heavy atom. The number of para-hydroxylation sites is 1. The highest BCUT2D eigenvalue weighted by atomic mass is 79.9. The summed E-state index contributed by atoms with van der Waals surface area (Å²) in [6.07, 6.45) is 2.93. The maximum absolute atomic E-state index is 11.8. The van der Waals surface area contributed by atoms with Gasteiger partial charge >= 0.3 is 0 Å². The number of halogens is 1. The Bertz CT molecular complexity index is 397. The van der Waals surface area contributed by atoms with Crippen molar-refractivity contribution in [1.82, 2.24) is 0 Å². The van der Waals surface area contributed by atoms with E-state index < -0.39 is 0 Å². The molecule has 2 nitrogen and oxygen atoms in total. The van der Waals surface area contributed by atoms with Gasteiger partial charge in [0.2, 0.25) is 0 Å². The summed E-state index contributed by atoms with van der Waals surface area (Å²) in [6.45, 7) is 0. The zero-order valence-corrected chi connectivity index (χ0v) is 9.88. The molecule has 15 heavy (non-hydrogen) atoms. The molecule has 0 fully saturated rings. The third kappa shape index (κ3) is 2.48. The fourth-order valence-corrected chi connectivity index (χ4v) is 2.33. The van der Waals surface area contributed by atoms with Crippen molar-refractivity contribution in [3.63, 3.8) is 0 Å². The number of carbonyl (C=O) groups is 1. The Morgan fingerprint density at radius 2 is 1.93 bits per heavy atom. The molecule has 0 bridgehead atoms. The third-order valence-electron chi connectivity index (χ3n) is 2.46. The summed E-state index contributed by atoms with van der Waals surface area (Å²) in [5, 5.41) is 2.89. The molecule has 1 amide bonds. The zero-order valence-electron chi connectivity index (χ0n) is 8.29. The average Bonchev–Trinajstić information content (AvgIpc) is 2.66. The number of hydrogen-bond acceptors (Lipinski definition) is 1. The van der Waals surface area contributed by atoms with Crippen LogP contribution in [-0.4, -0.2) is 5.91 Å². The van der Waals surface area contributed by atoms with Gasteiger partial charge in [-0.15, -0.1) is 0 Å². The van der Waals surface area contributed by atoms with Crippen LogP contribution >= 0.6 is 15.9 Å². The molecule has 0 atom stereocenters. The van der Waals surface area contributed by atoms with Gasteiger partial charge in [-0.3, -0.25) is 4.79 Å². The first-order valence-corrected chi connectivity index (χ1v) is 5.80. The molecule has 1 aromatic rings. The van der Waals surface area contributed by atoms with Gasteiger partial charge in [0.25, 0.3) is 5.91 Å². The number of rotatable bonds is 2. The maximum atomic E-state index is 11.8. The molecule has 78 valence electrons. The SMILES string of the molecule is O=C(Nc1ccccc1)C1=C(Br)CCC1. The molecule has 0 unspecified atom stereocenters. The molecule has 1 aliphatic rings. The van der Waals surface area contributed by atoms with E-state index in [-0.39, 0.29) is 5.91 Å². The van der Waals surface area contributed by atoms with Crippen molar-refractivity contribution in [2.24, 2.45) is 0 Å². The van der Waals surface area contributed by atoms with E-state index in [0.29, 0.717) is 0 Å². The zero-order chi connectivity index (χ0) is 10.7. The minimum Gasteiger partial charge on any atom is -0.322 e. The van der Waals surface area contributed by atoms with Gasteiger partial charge < -0.3 is 5.32 Å². The summed E-state index contributed by atoms with van der Waals surface area (Å²) in [4.78, 5) is 11.8. The third-order valence-corrected chi connectivity index (χ3v) is 3.33. The largest absolute Gasteiger partial charge is 0.322 e. The van der Waals surface area contributed by atoms with Crippen molar-refractivity contribution >= 4 is 27.5 Å². The summed E-state index contributed by atoms with van der Waals surface area (Å²) < 4.78 is 1.05. The summed E-state index contributed by atoms with van der Waals surface area (Å²) in [6, 6.07) is 9.53. The van der Waals surface area contributed by atoms with Crippen LogP contribution in [0.25, 0.3) is 0 Å². The minimum absolute atomic E-state index is 0.0191. The number of hydrogen-bond donors (Lipinski definition) is 1. The van der Waals surface area contributed by atoms with Crippen molar-refractivity contribution in [3.05, 3.63) is 40.4 Å². The quantitative estimate of drug-likeness (QED) is 0.872. The fraction of sp³-hybridized carbons (Fsp3) is 0.250. The first-order chi connectivity index (χ1) is 7.27. The number of allylic oxidation sites excluding steroid dienone is 1. The molecular weight excluding hydrogens is 254 g/mol. The van der Waals surface area contributed by atoms with Crippen molar-refractivity contribution in [1.29, 1.82) is 0 Å². The molecule has 0 spiro atoms. The normalized spacial score (nSPS) is 15.5. The van der Waals surface area contributed by atoms with E-state index in [1.807, 2.05) is 30.3 Å². The lowest BCUT2D eigenvalue weighted by atomic mass is 10.2. The van der Waals surface area contributed by atoms with E-state index >= 15 is 0 Å². The van der Waals surface area contributed by atoms with Gasteiger partial charge in [-0.2, -0.15) is 0 Å². The van der Waals surface area contributed by atoms with Crippen molar-refractivity contribution < 1.29 is 4.79 Å². The topological polar surface area (TPSA) is 29.1 Å². The Labute approximate surface area is 97.5 Å². The van der Waals surface area contributed by atoms with E-state index in [1.165, 1.54) is 0 Å². The van der Waals surface area contributed by atoms with Crippen molar-refractivity contribution in [3.8, 4) is 0 Å². The fourth-order valence-electron chi connectivity index (χ4n) is 1.67. The first-order valence-electron chi connectivity index (χ1n) is 5.01. The Hall–Kier alpha value is -1.09. The van der Waals surface area contributed by atoms with Gasteiger partial charge in [0.05, 0.1) is 0 Å². The van der Waals surface area contributed by atoms with E-state index in [2.05, 4.69) is 21.2 Å². The van der Waals surface area contributed by atoms with E-state index in [9.17, 15) is 4.79 Å². The molecule has 3 heteroatoms. The lowest BCUT2D eigenvalue weighted by Crippen LogP contribution is -2.13. The molecule has 0 radical (unpaired) electrons. The van der Waals surface area contributed by atoms with Crippen LogP contribution in [0.2, 0.25) is 0 Å². The van der Waals surface area contributed by atoms with Crippen LogP contribution in [0.3, 0.4) is 0 Å². The van der Waals surface area contributed by atoms with Crippen LogP contribution in [0.1, 0.15) is 19.3 Å². The van der Waals surface area contributed by atoms with Crippen molar-refractivity contribution in [2.45, 2.75) is 19.3 Å². The van der Waals surface area contributed by atoms with Gasteiger partial charge in [-0.25, -0.2) is 0 Å². The molecular formula is C12H12BrNO. The molecule has 0 aromatic heterocycles. The average molecular weight is 266 g/mol. The Morgan fingerprint density at radius 3 is 2.53 bits per heavy atom. The van der Waals surface area contributed by atoms with E-state index in [0.717, 1.165) is 35.0 Å². The summed E-state index contributed by atoms with van der Waals surface area (Å²) >= 11 is 3.44. The van der Waals surface area contributed by atoms with Crippen LogP contribution in [-0.2, 0) is 4.79 Å². The van der Waals surface area contributed by atoms with Crippen LogP contribution in [0.15, 0.2) is 40.4 Å². The number of benzene rings is 1. The highest BCUT2D eigenvalue weighted by molar-refractivity contribution is 9.11. The van der Waals surface area contributed by atoms with Crippen LogP contribution < -0.4 is 5.32 Å². The smallest absolute Gasteiger partial charge is 0.252 e. The lowest BCUT2D eigenvalue weighted by molar-refractivity contribution is -0.112. The van der Waals surface area contributed by atoms with Gasteiger partial charge in [-0.05, 0) is 31.4 Å². The maximum Gasteiger partial charge on any atom is 0.252 e. The standard InChI is InChI=1S/C12H12BrNO/c13-11-8-4-7-10(11)12(15)14-9-5-2-1-3-6-9/h1-3,5-6H,4,7-8H2,(H,14,15). The predicted octanol–water partition coefficient (Wildman–Crippen LogP) is 3.46. The second-order valence-electron chi connectivity index (χ2n) is 3.56. The molecule has 1 N–H and O–H groups in total. The lowest BCUT2D eigenvalue weighted by Gasteiger charge is -2.05. The summed E-state index contributed by atoms with van der Waals surface area (Å²) in [7, 11) is 0. The van der Waals surface area contributed by atoms with Gasteiger partial charge in [-0.1, -0.05) is 34.1 Å². The first kappa shape index (κ1) is 10.4. The Kier molecular flexibility index (Phi) is 3.21. The van der Waals surface area contributed by atoms with Gasteiger partial charge in [0, 0.05) is 15.7 Å². The molecule has 2 rings (SSSR count). The van der Waals surface area contributed by atoms with Crippen LogP contribution in [0.5, 0.6) is 0 Å². The number of anilines is 1. The second-order valence-corrected chi connectivity index (χ2v) is 4.51. The molecule has 1 aliphatic carbocycles. The molecule has 0 saturated heterocycles. The Balaban J connectivity index is 2.08. The number of amides is 1. The van der Waals surface area contributed by atoms with Crippen LogP contribution in [0.4, 0.5) is 5.69 Å². The molecule has 0 heterocycles. The highest BCUT2D eigenvalue weighted by Crippen LogP contribution is 2.30. The predicted molar refractivity (Wildman–Crippen MR) is 64.9 cm³/mol. The van der Waals surface area contributed by atoms with E-state index in [1.54, 1.807) is 0 Å². The molecule has 1 aromatic carbocycles. The highest BCUT2D eigenvalue weighted by Gasteiger charge is 2.18. The van der Waals surface area contributed by atoms with Gasteiger partial charge in [0.1, 0.15) is 0 Å².